The fourth-order valence-corrected chi connectivity index (χ4v) is 0.989. The lowest BCUT2D eigenvalue weighted by Crippen LogP contribution is -2.39. The summed E-state index contributed by atoms with van der Waals surface area (Å²) >= 11 is 0. The van der Waals surface area contributed by atoms with Gasteiger partial charge in [0.1, 0.15) is 0 Å². The van der Waals surface area contributed by atoms with E-state index in [4.69, 9.17) is 9.94 Å². The smallest absolute Gasteiger partial charge is 0.246 e. The summed E-state index contributed by atoms with van der Waals surface area (Å²) in [5, 5.41) is 10.2. The molecule has 1 amide bonds. The third-order valence-corrected chi connectivity index (χ3v) is 1.49. The van der Waals surface area contributed by atoms with Gasteiger partial charge >= 0.3 is 0 Å². The van der Waals surface area contributed by atoms with Gasteiger partial charge in [-0.3, -0.25) is 9.63 Å². The van der Waals surface area contributed by atoms with E-state index in [1.807, 2.05) is 0 Å². The molecule has 0 aromatic carbocycles. The fraction of sp³-hybridized carbons (Fsp3) is 0.857. The number of aliphatic hydroxyl groups is 1. The SMILES string of the molecule is CC(O)CN1OCCCC1=O. The molecule has 1 saturated heterocycles. The van der Waals surface area contributed by atoms with E-state index in [0.29, 0.717) is 13.0 Å². The van der Waals surface area contributed by atoms with E-state index in [0.717, 1.165) is 6.42 Å². The molecule has 1 aliphatic heterocycles. The molecule has 4 heteroatoms. The molecule has 64 valence electrons. The van der Waals surface area contributed by atoms with E-state index in [2.05, 4.69) is 0 Å². The lowest BCUT2D eigenvalue weighted by molar-refractivity contribution is -0.203. The highest BCUT2D eigenvalue weighted by Gasteiger charge is 2.19. The maximum atomic E-state index is 11.0. The minimum atomic E-state index is -0.517. The van der Waals surface area contributed by atoms with Crippen LogP contribution >= 0.6 is 0 Å². The van der Waals surface area contributed by atoms with Crippen molar-refractivity contribution < 1.29 is 14.7 Å². The molecule has 0 aliphatic carbocycles. The number of carbonyl (C=O) groups is 1. The first-order chi connectivity index (χ1) is 5.20. The summed E-state index contributed by atoms with van der Waals surface area (Å²) < 4.78 is 0. The second-order valence-electron chi connectivity index (χ2n) is 2.74. The normalized spacial score (nSPS) is 22.0. The minimum absolute atomic E-state index is 0.0304. The van der Waals surface area contributed by atoms with Gasteiger partial charge in [0.15, 0.2) is 0 Å². The second kappa shape index (κ2) is 3.69. The van der Waals surface area contributed by atoms with Gasteiger partial charge in [0.05, 0.1) is 19.3 Å². The zero-order valence-electron chi connectivity index (χ0n) is 6.62. The number of hydrogen-bond acceptors (Lipinski definition) is 3. The molecule has 1 fully saturated rings. The first-order valence-corrected chi connectivity index (χ1v) is 3.81. The molecule has 0 saturated carbocycles. The number of nitrogens with zero attached hydrogens (tertiary/aromatic N) is 1. The van der Waals surface area contributed by atoms with E-state index < -0.39 is 6.10 Å². The van der Waals surface area contributed by atoms with Crippen molar-refractivity contribution in [2.24, 2.45) is 0 Å². The largest absolute Gasteiger partial charge is 0.391 e. The van der Waals surface area contributed by atoms with Crippen molar-refractivity contribution in [3.05, 3.63) is 0 Å². The Hall–Kier alpha value is -0.610. The molecule has 1 heterocycles. The fourth-order valence-electron chi connectivity index (χ4n) is 0.989. The molecule has 0 aromatic heterocycles. The third kappa shape index (κ3) is 2.48. The van der Waals surface area contributed by atoms with Gasteiger partial charge in [0.25, 0.3) is 0 Å². The molecule has 1 aliphatic rings. The van der Waals surface area contributed by atoms with Crippen LogP contribution < -0.4 is 0 Å². The van der Waals surface area contributed by atoms with Crippen molar-refractivity contribution in [1.82, 2.24) is 5.06 Å². The van der Waals surface area contributed by atoms with E-state index in [9.17, 15) is 4.79 Å². The first kappa shape index (κ1) is 8.49. The molecule has 1 rings (SSSR count). The Morgan fingerprint density at radius 3 is 3.09 bits per heavy atom. The van der Waals surface area contributed by atoms with E-state index in [-0.39, 0.29) is 12.5 Å². The van der Waals surface area contributed by atoms with Crippen LogP contribution in [0.3, 0.4) is 0 Å². The molecule has 0 bridgehead atoms. The topological polar surface area (TPSA) is 49.8 Å². The number of carbonyl (C=O) groups excluding carboxylic acids is 1. The average Bonchev–Trinajstić information content (AvgIpc) is 1.93. The van der Waals surface area contributed by atoms with Gasteiger partial charge in [-0.2, -0.15) is 0 Å². The average molecular weight is 159 g/mol. The van der Waals surface area contributed by atoms with Gasteiger partial charge in [-0.15, -0.1) is 0 Å². The third-order valence-electron chi connectivity index (χ3n) is 1.49. The highest BCUT2D eigenvalue weighted by atomic mass is 16.7. The Labute approximate surface area is 65.7 Å². The number of aliphatic hydroxyl groups excluding tert-OH is 1. The molecule has 1 atom stereocenters. The van der Waals surface area contributed by atoms with Crippen LogP contribution in [-0.4, -0.2) is 35.3 Å². The maximum absolute atomic E-state index is 11.0. The monoisotopic (exact) mass is 159 g/mol. The highest BCUT2D eigenvalue weighted by molar-refractivity contribution is 5.75. The summed E-state index contributed by atoms with van der Waals surface area (Å²) in [6.45, 7) is 2.49. The predicted octanol–water partition coefficient (Wildman–Crippen LogP) is -0.0788. The van der Waals surface area contributed by atoms with Crippen LogP contribution in [0.4, 0.5) is 0 Å². The van der Waals surface area contributed by atoms with Crippen molar-refractivity contribution in [3.63, 3.8) is 0 Å². The molecule has 1 N–H and O–H groups in total. The van der Waals surface area contributed by atoms with Crippen molar-refractivity contribution in [1.29, 1.82) is 0 Å². The molecular formula is C7H13NO3. The number of rotatable bonds is 2. The molecule has 11 heavy (non-hydrogen) atoms. The van der Waals surface area contributed by atoms with Gasteiger partial charge in [-0.05, 0) is 13.3 Å². The first-order valence-electron chi connectivity index (χ1n) is 3.81. The Bertz CT molecular complexity index is 147. The zero-order valence-corrected chi connectivity index (χ0v) is 6.62. The summed E-state index contributed by atoms with van der Waals surface area (Å²) in [6, 6.07) is 0. The number of β-amino-alcohol motifs (C(OH)–C–C–N with tert-alkyl or cyclic N) is 1. The Morgan fingerprint density at radius 2 is 2.55 bits per heavy atom. The standard InChI is InChI=1S/C7H13NO3/c1-6(9)5-8-7(10)3-2-4-11-8/h6,9H,2-5H2,1H3. The lowest BCUT2D eigenvalue weighted by atomic mass is 10.2. The van der Waals surface area contributed by atoms with E-state index >= 15 is 0 Å². The van der Waals surface area contributed by atoms with Crippen molar-refractivity contribution >= 4 is 5.91 Å². The number of amides is 1. The maximum Gasteiger partial charge on any atom is 0.246 e. The Morgan fingerprint density at radius 1 is 1.82 bits per heavy atom. The van der Waals surface area contributed by atoms with Gasteiger partial charge in [0, 0.05) is 6.42 Å². The van der Waals surface area contributed by atoms with Crippen molar-refractivity contribution in [2.75, 3.05) is 13.2 Å². The van der Waals surface area contributed by atoms with Crippen molar-refractivity contribution in [2.45, 2.75) is 25.9 Å². The predicted molar refractivity (Wildman–Crippen MR) is 38.6 cm³/mol. The zero-order chi connectivity index (χ0) is 8.27. The summed E-state index contributed by atoms with van der Waals surface area (Å²) in [6.07, 6.45) is 0.805. The van der Waals surface area contributed by atoms with Crippen LogP contribution in [0.25, 0.3) is 0 Å². The Kier molecular flexibility index (Phi) is 2.84. The molecule has 1 unspecified atom stereocenters. The summed E-state index contributed by atoms with van der Waals surface area (Å²) in [4.78, 5) is 16.0. The number of hydroxylamine groups is 2. The van der Waals surface area contributed by atoms with Gasteiger partial charge in [-0.1, -0.05) is 0 Å². The van der Waals surface area contributed by atoms with Crippen LogP contribution in [0.1, 0.15) is 19.8 Å². The van der Waals surface area contributed by atoms with Gasteiger partial charge < -0.3 is 5.11 Å². The molecule has 0 spiro atoms. The van der Waals surface area contributed by atoms with Crippen molar-refractivity contribution in [3.8, 4) is 0 Å². The summed E-state index contributed by atoms with van der Waals surface area (Å²) in [5.74, 6) is -0.0304. The minimum Gasteiger partial charge on any atom is -0.391 e. The molecule has 0 aromatic rings. The van der Waals surface area contributed by atoms with Crippen LogP contribution in [0.15, 0.2) is 0 Å². The highest BCUT2D eigenvalue weighted by Crippen LogP contribution is 2.07. The number of hydrogen-bond donors (Lipinski definition) is 1. The molecular weight excluding hydrogens is 146 g/mol. The van der Waals surface area contributed by atoms with Gasteiger partial charge in [0.2, 0.25) is 5.91 Å². The van der Waals surface area contributed by atoms with Crippen LogP contribution in [0.2, 0.25) is 0 Å². The van der Waals surface area contributed by atoms with Crippen LogP contribution in [-0.2, 0) is 9.63 Å². The van der Waals surface area contributed by atoms with E-state index in [1.165, 1.54) is 5.06 Å². The summed E-state index contributed by atoms with van der Waals surface area (Å²) in [7, 11) is 0. The second-order valence-corrected chi connectivity index (χ2v) is 2.74. The summed E-state index contributed by atoms with van der Waals surface area (Å²) in [5.41, 5.74) is 0. The van der Waals surface area contributed by atoms with Gasteiger partial charge in [-0.25, -0.2) is 5.06 Å². The quantitative estimate of drug-likeness (QED) is 0.613. The molecule has 4 nitrogen and oxygen atoms in total. The lowest BCUT2D eigenvalue weighted by Gasteiger charge is -2.26. The van der Waals surface area contributed by atoms with Crippen LogP contribution in [0.5, 0.6) is 0 Å². The van der Waals surface area contributed by atoms with Crippen LogP contribution in [0, 0.1) is 0 Å². The van der Waals surface area contributed by atoms with E-state index in [1.54, 1.807) is 6.92 Å². The Balaban J connectivity index is 2.36. The molecule has 0 radical (unpaired) electrons.